The van der Waals surface area contributed by atoms with Crippen LogP contribution < -0.4 is 4.74 Å². The maximum atomic E-state index is 13.4. The van der Waals surface area contributed by atoms with E-state index in [9.17, 15) is 4.39 Å². The van der Waals surface area contributed by atoms with Crippen molar-refractivity contribution in [1.82, 2.24) is 0 Å². The minimum absolute atomic E-state index is 0.182. The van der Waals surface area contributed by atoms with Gasteiger partial charge >= 0.3 is 0 Å². The predicted octanol–water partition coefficient (Wildman–Crippen LogP) is 7.47. The Morgan fingerprint density at radius 2 is 1.56 bits per heavy atom. The van der Waals surface area contributed by atoms with Gasteiger partial charge < -0.3 is 4.74 Å². The summed E-state index contributed by atoms with van der Waals surface area (Å²) in [6, 6.07) is 4.99. The number of fused-ring (bicyclic) bond motifs is 1. The summed E-state index contributed by atoms with van der Waals surface area (Å²) in [5.74, 6) is 3.70. The molecule has 0 N–H and O–H groups in total. The van der Waals surface area contributed by atoms with Gasteiger partial charge in [-0.25, -0.2) is 4.39 Å². The van der Waals surface area contributed by atoms with Crippen molar-refractivity contribution < 1.29 is 9.13 Å². The fourth-order valence-electron chi connectivity index (χ4n) is 5.96. The number of halogens is 1. The number of ether oxygens (including phenoxy) is 1. The molecule has 27 heavy (non-hydrogen) atoms. The van der Waals surface area contributed by atoms with Gasteiger partial charge in [0.25, 0.3) is 0 Å². The zero-order valence-electron chi connectivity index (χ0n) is 16.9. The van der Waals surface area contributed by atoms with Crippen LogP contribution in [0.15, 0.2) is 18.2 Å². The zero-order valence-corrected chi connectivity index (χ0v) is 16.9. The highest BCUT2D eigenvalue weighted by Crippen LogP contribution is 2.41. The first-order chi connectivity index (χ1) is 13.3. The first-order valence-electron chi connectivity index (χ1n) is 11.7. The first-order valence-corrected chi connectivity index (χ1v) is 11.7. The quantitative estimate of drug-likeness (QED) is 0.471. The van der Waals surface area contributed by atoms with E-state index in [0.29, 0.717) is 6.10 Å². The molecule has 150 valence electrons. The van der Waals surface area contributed by atoms with Crippen molar-refractivity contribution in [2.24, 2.45) is 17.8 Å². The molecule has 1 atom stereocenters. The van der Waals surface area contributed by atoms with Crippen LogP contribution in [0, 0.1) is 23.6 Å². The maximum Gasteiger partial charge on any atom is 0.126 e. The van der Waals surface area contributed by atoms with Crippen LogP contribution >= 0.6 is 0 Å². The molecule has 0 spiro atoms. The van der Waals surface area contributed by atoms with Gasteiger partial charge in [-0.3, -0.25) is 0 Å². The number of benzene rings is 1. The minimum atomic E-state index is -0.182. The van der Waals surface area contributed by atoms with E-state index < -0.39 is 0 Å². The van der Waals surface area contributed by atoms with E-state index in [0.717, 1.165) is 42.8 Å². The SMILES string of the molecule is Fc1ccc2c(c1)OC(CCCCC1CCC(C3CCCCC3)CC1)CC2. The highest BCUT2D eigenvalue weighted by Gasteiger charge is 2.28. The summed E-state index contributed by atoms with van der Waals surface area (Å²) >= 11 is 0. The third-order valence-corrected chi connectivity index (χ3v) is 7.65. The summed E-state index contributed by atoms with van der Waals surface area (Å²) in [4.78, 5) is 0. The Morgan fingerprint density at radius 1 is 0.815 bits per heavy atom. The number of aryl methyl sites for hydroxylation is 1. The Kier molecular flexibility index (Phi) is 6.73. The molecule has 2 fully saturated rings. The largest absolute Gasteiger partial charge is 0.490 e. The van der Waals surface area contributed by atoms with Crippen molar-refractivity contribution in [3.63, 3.8) is 0 Å². The van der Waals surface area contributed by atoms with Gasteiger partial charge in [0.15, 0.2) is 0 Å². The highest BCUT2D eigenvalue weighted by molar-refractivity contribution is 5.35. The van der Waals surface area contributed by atoms with Gasteiger partial charge in [0.2, 0.25) is 0 Å². The standard InChI is InChI=1S/C25H37FO/c26-23-16-14-22-15-17-24(27-25(22)18-23)9-5-4-6-19-10-12-21(13-11-19)20-7-2-1-3-8-20/h14,16,18-21,24H,1-13,15,17H2. The number of hydrogen-bond acceptors (Lipinski definition) is 1. The van der Waals surface area contributed by atoms with E-state index in [2.05, 4.69) is 0 Å². The van der Waals surface area contributed by atoms with Gasteiger partial charge in [0, 0.05) is 6.07 Å². The Hall–Kier alpha value is -1.05. The van der Waals surface area contributed by atoms with Crippen LogP contribution in [0.25, 0.3) is 0 Å². The van der Waals surface area contributed by atoms with E-state index in [4.69, 9.17) is 4.74 Å². The van der Waals surface area contributed by atoms with Crippen LogP contribution in [0.2, 0.25) is 0 Å². The molecule has 0 radical (unpaired) electrons. The molecule has 0 saturated heterocycles. The molecule has 2 heteroatoms. The van der Waals surface area contributed by atoms with Gasteiger partial charge in [-0.05, 0) is 67.9 Å². The Labute approximate surface area is 165 Å². The summed E-state index contributed by atoms with van der Waals surface area (Å²) in [5.41, 5.74) is 1.17. The molecule has 1 nitrogen and oxygen atoms in total. The molecule has 1 aromatic carbocycles. The average molecular weight is 373 g/mol. The number of hydrogen-bond donors (Lipinski definition) is 0. The molecule has 4 rings (SSSR count). The van der Waals surface area contributed by atoms with E-state index in [-0.39, 0.29) is 5.82 Å². The Bertz CT molecular complexity index is 584. The van der Waals surface area contributed by atoms with E-state index >= 15 is 0 Å². The summed E-state index contributed by atoms with van der Waals surface area (Å²) in [6.07, 6.45) is 21.0. The van der Waals surface area contributed by atoms with E-state index in [1.54, 1.807) is 12.1 Å². The third-order valence-electron chi connectivity index (χ3n) is 7.65. The molecule has 2 saturated carbocycles. The second-order valence-corrected chi connectivity index (χ2v) is 9.49. The number of unbranched alkanes of at least 4 members (excludes halogenated alkanes) is 1. The summed E-state index contributed by atoms with van der Waals surface area (Å²) in [6.45, 7) is 0. The first kappa shape index (κ1) is 19.3. The van der Waals surface area contributed by atoms with Crippen LogP contribution in [-0.4, -0.2) is 6.10 Å². The van der Waals surface area contributed by atoms with Gasteiger partial charge in [-0.1, -0.05) is 63.9 Å². The minimum Gasteiger partial charge on any atom is -0.490 e. The average Bonchev–Trinajstić information content (AvgIpc) is 2.72. The maximum absolute atomic E-state index is 13.4. The molecule has 0 aromatic heterocycles. The molecule has 2 aliphatic carbocycles. The van der Waals surface area contributed by atoms with E-state index in [1.165, 1.54) is 82.6 Å². The molecule has 1 aromatic rings. The summed E-state index contributed by atoms with van der Waals surface area (Å²) in [7, 11) is 0. The third kappa shape index (κ3) is 5.27. The van der Waals surface area contributed by atoms with Crippen LogP contribution in [0.1, 0.15) is 95.5 Å². The van der Waals surface area contributed by atoms with Crippen LogP contribution in [-0.2, 0) is 6.42 Å². The molecule has 0 bridgehead atoms. The molecule has 0 amide bonds. The highest BCUT2D eigenvalue weighted by atomic mass is 19.1. The van der Waals surface area contributed by atoms with Gasteiger partial charge in [0.05, 0.1) is 6.10 Å². The van der Waals surface area contributed by atoms with Gasteiger partial charge in [0.1, 0.15) is 11.6 Å². The predicted molar refractivity (Wildman–Crippen MR) is 110 cm³/mol. The fraction of sp³-hybridized carbons (Fsp3) is 0.760. The monoisotopic (exact) mass is 372 g/mol. The molecular weight excluding hydrogens is 335 g/mol. The summed E-state index contributed by atoms with van der Waals surface area (Å²) < 4.78 is 19.4. The summed E-state index contributed by atoms with van der Waals surface area (Å²) in [5, 5.41) is 0. The van der Waals surface area contributed by atoms with Crippen molar-refractivity contribution in [3.8, 4) is 5.75 Å². The Morgan fingerprint density at radius 3 is 2.37 bits per heavy atom. The van der Waals surface area contributed by atoms with Gasteiger partial charge in [-0.15, -0.1) is 0 Å². The second kappa shape index (κ2) is 9.43. The zero-order chi connectivity index (χ0) is 18.5. The lowest BCUT2D eigenvalue weighted by atomic mass is 9.70. The Balaban J connectivity index is 1.11. The molecular formula is C25H37FO. The van der Waals surface area contributed by atoms with Crippen molar-refractivity contribution in [1.29, 1.82) is 0 Å². The van der Waals surface area contributed by atoms with Crippen LogP contribution in [0.5, 0.6) is 5.75 Å². The molecule has 1 heterocycles. The van der Waals surface area contributed by atoms with Crippen molar-refractivity contribution >= 4 is 0 Å². The topological polar surface area (TPSA) is 9.23 Å². The molecule has 1 unspecified atom stereocenters. The lowest BCUT2D eigenvalue weighted by Gasteiger charge is -2.36. The molecule has 3 aliphatic rings. The van der Waals surface area contributed by atoms with Crippen molar-refractivity contribution in [2.75, 3.05) is 0 Å². The van der Waals surface area contributed by atoms with E-state index in [1.807, 2.05) is 6.07 Å². The molecule has 1 aliphatic heterocycles. The van der Waals surface area contributed by atoms with Crippen molar-refractivity contribution in [2.45, 2.75) is 102 Å². The second-order valence-electron chi connectivity index (χ2n) is 9.49. The fourth-order valence-corrected chi connectivity index (χ4v) is 5.96. The van der Waals surface area contributed by atoms with Crippen molar-refractivity contribution in [3.05, 3.63) is 29.6 Å². The van der Waals surface area contributed by atoms with Gasteiger partial charge in [-0.2, -0.15) is 0 Å². The lowest BCUT2D eigenvalue weighted by Crippen LogP contribution is -2.24. The lowest BCUT2D eigenvalue weighted by molar-refractivity contribution is 0.151. The van der Waals surface area contributed by atoms with Crippen LogP contribution in [0.3, 0.4) is 0 Å². The normalized spacial score (nSPS) is 29.1. The number of rotatable bonds is 6. The smallest absolute Gasteiger partial charge is 0.126 e. The van der Waals surface area contributed by atoms with Crippen LogP contribution in [0.4, 0.5) is 4.39 Å².